The second kappa shape index (κ2) is 6.56. The molecule has 110 valence electrons. The van der Waals surface area contributed by atoms with Gasteiger partial charge in [-0.3, -0.25) is 9.59 Å². The first-order valence-electron chi connectivity index (χ1n) is 6.96. The van der Waals surface area contributed by atoms with Crippen LogP contribution in [-0.4, -0.2) is 30.4 Å². The summed E-state index contributed by atoms with van der Waals surface area (Å²) in [6.45, 7) is 2.24. The summed E-state index contributed by atoms with van der Waals surface area (Å²) in [6.07, 6.45) is 4.50. The Hall–Kier alpha value is -1.82. The van der Waals surface area contributed by atoms with E-state index in [2.05, 4.69) is 10.6 Å². The van der Waals surface area contributed by atoms with Gasteiger partial charge in [0.15, 0.2) is 5.76 Å². The van der Waals surface area contributed by atoms with Crippen LogP contribution in [0.25, 0.3) is 0 Å². The minimum atomic E-state index is -0.605. The Kier molecular flexibility index (Phi) is 4.79. The lowest BCUT2D eigenvalue weighted by Crippen LogP contribution is -2.49. The van der Waals surface area contributed by atoms with Crippen molar-refractivity contribution in [2.75, 3.05) is 6.54 Å². The number of hydrogen-bond donors (Lipinski definition) is 3. The molecule has 2 amide bonds. The molecule has 0 saturated heterocycles. The minimum absolute atomic E-state index is 0.121. The average molecular weight is 279 g/mol. The van der Waals surface area contributed by atoms with Gasteiger partial charge in [-0.05, 0) is 44.4 Å². The first-order chi connectivity index (χ1) is 9.61. The predicted molar refractivity (Wildman–Crippen MR) is 74.0 cm³/mol. The number of furan rings is 1. The lowest BCUT2D eigenvalue weighted by molar-refractivity contribution is -0.123. The molecule has 0 aliphatic heterocycles. The van der Waals surface area contributed by atoms with Gasteiger partial charge in [-0.25, -0.2) is 0 Å². The molecular formula is C14H21N3O3. The maximum Gasteiger partial charge on any atom is 0.287 e. The van der Waals surface area contributed by atoms with Crippen molar-refractivity contribution in [3.8, 4) is 0 Å². The Morgan fingerprint density at radius 1 is 1.50 bits per heavy atom. The molecule has 1 heterocycles. The fourth-order valence-corrected chi connectivity index (χ4v) is 2.56. The fourth-order valence-electron chi connectivity index (χ4n) is 2.56. The largest absolute Gasteiger partial charge is 0.459 e. The molecule has 0 radical (unpaired) electrons. The average Bonchev–Trinajstić information content (AvgIpc) is 3.09. The number of amides is 2. The lowest BCUT2D eigenvalue weighted by Gasteiger charge is -2.22. The van der Waals surface area contributed by atoms with E-state index in [1.54, 1.807) is 19.1 Å². The number of carbonyl (C=O) groups is 2. The van der Waals surface area contributed by atoms with Crippen molar-refractivity contribution in [3.05, 3.63) is 24.2 Å². The van der Waals surface area contributed by atoms with Crippen LogP contribution >= 0.6 is 0 Å². The van der Waals surface area contributed by atoms with Crippen LogP contribution in [-0.2, 0) is 4.79 Å². The van der Waals surface area contributed by atoms with Crippen LogP contribution in [0, 0.1) is 5.92 Å². The van der Waals surface area contributed by atoms with Gasteiger partial charge in [0.05, 0.1) is 6.26 Å². The highest BCUT2D eigenvalue weighted by molar-refractivity contribution is 5.95. The van der Waals surface area contributed by atoms with E-state index in [9.17, 15) is 9.59 Å². The SMILES string of the molecule is CC(NC(=O)c1ccco1)C(=O)NC1CCCC1CN. The minimum Gasteiger partial charge on any atom is -0.459 e. The Morgan fingerprint density at radius 3 is 2.95 bits per heavy atom. The van der Waals surface area contributed by atoms with Crippen LogP contribution in [0.3, 0.4) is 0 Å². The van der Waals surface area contributed by atoms with E-state index in [0.717, 1.165) is 19.3 Å². The number of rotatable bonds is 5. The van der Waals surface area contributed by atoms with Gasteiger partial charge in [-0.1, -0.05) is 6.42 Å². The van der Waals surface area contributed by atoms with E-state index < -0.39 is 6.04 Å². The van der Waals surface area contributed by atoms with E-state index in [4.69, 9.17) is 10.2 Å². The summed E-state index contributed by atoms with van der Waals surface area (Å²) in [5.74, 6) is -0.0352. The zero-order chi connectivity index (χ0) is 14.5. The smallest absolute Gasteiger partial charge is 0.287 e. The number of hydrogen-bond acceptors (Lipinski definition) is 4. The van der Waals surface area contributed by atoms with Crippen LogP contribution in [0.5, 0.6) is 0 Å². The third-order valence-corrected chi connectivity index (χ3v) is 3.78. The Morgan fingerprint density at radius 2 is 2.30 bits per heavy atom. The number of carbonyl (C=O) groups excluding carboxylic acids is 2. The van der Waals surface area contributed by atoms with Gasteiger partial charge >= 0.3 is 0 Å². The van der Waals surface area contributed by atoms with Gasteiger partial charge in [0.25, 0.3) is 5.91 Å². The monoisotopic (exact) mass is 279 g/mol. The molecule has 4 N–H and O–H groups in total. The third-order valence-electron chi connectivity index (χ3n) is 3.78. The van der Waals surface area contributed by atoms with Gasteiger partial charge in [0, 0.05) is 6.04 Å². The van der Waals surface area contributed by atoms with Crippen molar-refractivity contribution < 1.29 is 14.0 Å². The standard InChI is InChI=1S/C14H21N3O3/c1-9(16-14(19)12-6-3-7-20-12)13(18)17-11-5-2-4-10(11)8-15/h3,6-7,9-11H,2,4-5,8,15H2,1H3,(H,16,19)(H,17,18). The third kappa shape index (κ3) is 3.39. The zero-order valence-corrected chi connectivity index (χ0v) is 11.6. The molecule has 1 saturated carbocycles. The van der Waals surface area contributed by atoms with Gasteiger partial charge in [0.2, 0.25) is 5.91 Å². The second-order valence-corrected chi connectivity index (χ2v) is 5.21. The molecular weight excluding hydrogens is 258 g/mol. The predicted octanol–water partition coefficient (Wildman–Crippen LogP) is 0.642. The van der Waals surface area contributed by atoms with E-state index in [0.29, 0.717) is 12.5 Å². The van der Waals surface area contributed by atoms with Crippen LogP contribution in [0.4, 0.5) is 0 Å². The van der Waals surface area contributed by atoms with Gasteiger partial charge < -0.3 is 20.8 Å². The van der Waals surface area contributed by atoms with Crippen LogP contribution in [0.15, 0.2) is 22.8 Å². The summed E-state index contributed by atoms with van der Waals surface area (Å²) in [5.41, 5.74) is 5.69. The van der Waals surface area contributed by atoms with Crippen molar-refractivity contribution in [1.29, 1.82) is 0 Å². The lowest BCUT2D eigenvalue weighted by atomic mass is 10.0. The molecule has 0 spiro atoms. The molecule has 2 rings (SSSR count). The van der Waals surface area contributed by atoms with E-state index in [1.807, 2.05) is 0 Å². The van der Waals surface area contributed by atoms with Crippen molar-refractivity contribution in [2.45, 2.75) is 38.3 Å². The fraction of sp³-hybridized carbons (Fsp3) is 0.571. The highest BCUT2D eigenvalue weighted by Gasteiger charge is 2.29. The van der Waals surface area contributed by atoms with E-state index >= 15 is 0 Å². The first-order valence-corrected chi connectivity index (χ1v) is 6.96. The molecule has 6 nitrogen and oxygen atoms in total. The first kappa shape index (κ1) is 14.6. The summed E-state index contributed by atoms with van der Waals surface area (Å²) in [5, 5.41) is 5.58. The summed E-state index contributed by atoms with van der Waals surface area (Å²) < 4.78 is 4.98. The Labute approximate surface area is 118 Å². The molecule has 1 aliphatic carbocycles. The second-order valence-electron chi connectivity index (χ2n) is 5.21. The van der Waals surface area contributed by atoms with Crippen molar-refractivity contribution in [2.24, 2.45) is 11.7 Å². The maximum atomic E-state index is 12.1. The molecule has 3 unspecified atom stereocenters. The zero-order valence-electron chi connectivity index (χ0n) is 11.6. The van der Waals surface area contributed by atoms with Crippen LogP contribution < -0.4 is 16.4 Å². The molecule has 1 aromatic heterocycles. The van der Waals surface area contributed by atoms with E-state index in [-0.39, 0.29) is 23.6 Å². The van der Waals surface area contributed by atoms with Crippen molar-refractivity contribution in [1.82, 2.24) is 10.6 Å². The topological polar surface area (TPSA) is 97.4 Å². The molecule has 20 heavy (non-hydrogen) atoms. The Bertz CT molecular complexity index is 458. The van der Waals surface area contributed by atoms with E-state index in [1.165, 1.54) is 6.26 Å². The normalized spacial score (nSPS) is 23.3. The summed E-state index contributed by atoms with van der Waals surface area (Å²) in [7, 11) is 0. The summed E-state index contributed by atoms with van der Waals surface area (Å²) in [6, 6.07) is 2.70. The summed E-state index contributed by atoms with van der Waals surface area (Å²) in [4.78, 5) is 23.8. The highest BCUT2D eigenvalue weighted by Crippen LogP contribution is 2.24. The van der Waals surface area contributed by atoms with Gasteiger partial charge in [-0.15, -0.1) is 0 Å². The molecule has 1 aliphatic rings. The number of nitrogens with one attached hydrogen (secondary N) is 2. The van der Waals surface area contributed by atoms with Gasteiger partial charge in [-0.2, -0.15) is 0 Å². The molecule has 3 atom stereocenters. The van der Waals surface area contributed by atoms with Crippen molar-refractivity contribution in [3.63, 3.8) is 0 Å². The Balaban J connectivity index is 1.84. The van der Waals surface area contributed by atoms with Crippen LogP contribution in [0.1, 0.15) is 36.7 Å². The highest BCUT2D eigenvalue weighted by atomic mass is 16.3. The summed E-state index contributed by atoms with van der Waals surface area (Å²) >= 11 is 0. The van der Waals surface area contributed by atoms with Crippen molar-refractivity contribution >= 4 is 11.8 Å². The number of nitrogens with two attached hydrogens (primary N) is 1. The maximum absolute atomic E-state index is 12.1. The quantitative estimate of drug-likeness (QED) is 0.737. The van der Waals surface area contributed by atoms with Gasteiger partial charge in [0.1, 0.15) is 6.04 Å². The molecule has 6 heteroatoms. The molecule has 1 aromatic rings. The molecule has 1 fully saturated rings. The molecule has 0 bridgehead atoms. The van der Waals surface area contributed by atoms with Crippen LogP contribution in [0.2, 0.25) is 0 Å². The molecule has 0 aromatic carbocycles.